The van der Waals surface area contributed by atoms with Gasteiger partial charge in [0.1, 0.15) is 4.64 Å². The van der Waals surface area contributed by atoms with Gasteiger partial charge in [0.2, 0.25) is 0 Å². The highest BCUT2D eigenvalue weighted by Gasteiger charge is 2.31. The van der Waals surface area contributed by atoms with Crippen molar-refractivity contribution in [3.63, 3.8) is 0 Å². The number of aromatic amines is 1. The highest BCUT2D eigenvalue weighted by atomic mass is 32.1. The average Bonchev–Trinajstić information content (AvgIpc) is 2.36. The van der Waals surface area contributed by atoms with Crippen LogP contribution in [-0.2, 0) is 6.18 Å². The molecule has 5 heteroatoms. The lowest BCUT2D eigenvalue weighted by Gasteiger charge is -2.25. The minimum Gasteiger partial charge on any atom is -0.346 e. The Bertz CT molecular complexity index is 697. The molecule has 0 amide bonds. The lowest BCUT2D eigenvalue weighted by atomic mass is 9.80. The van der Waals surface area contributed by atoms with E-state index >= 15 is 0 Å². The van der Waals surface area contributed by atoms with Crippen molar-refractivity contribution in [3.8, 4) is 11.3 Å². The van der Waals surface area contributed by atoms with Gasteiger partial charge in [0.05, 0.1) is 5.56 Å². The van der Waals surface area contributed by atoms with Gasteiger partial charge in [-0.1, -0.05) is 42.9 Å². The normalized spacial score (nSPS) is 15.8. The van der Waals surface area contributed by atoms with Gasteiger partial charge in [-0.3, -0.25) is 0 Å². The minimum atomic E-state index is -4.39. The highest BCUT2D eigenvalue weighted by molar-refractivity contribution is 7.71. The molecule has 1 aliphatic rings. The Morgan fingerprint density at radius 3 is 2.24 bits per heavy atom. The largest absolute Gasteiger partial charge is 0.416 e. The Hall–Kier alpha value is -1.62. The van der Waals surface area contributed by atoms with Crippen molar-refractivity contribution in [2.24, 2.45) is 0 Å². The van der Waals surface area contributed by atoms with Gasteiger partial charge in [-0.2, -0.15) is 13.2 Å². The van der Waals surface area contributed by atoms with E-state index in [0.717, 1.165) is 17.7 Å². The van der Waals surface area contributed by atoms with E-state index in [9.17, 15) is 13.2 Å². The van der Waals surface area contributed by atoms with Gasteiger partial charge in [-0.15, -0.1) is 0 Å². The molecule has 3 rings (SSSR count). The highest BCUT2D eigenvalue weighted by Crippen LogP contribution is 2.37. The van der Waals surface area contributed by atoms with Crippen LogP contribution in [0, 0.1) is 4.64 Å². The first-order valence-electron chi connectivity index (χ1n) is 6.85. The number of hydrogen-bond donors (Lipinski definition) is 1. The van der Waals surface area contributed by atoms with Crippen molar-refractivity contribution in [1.82, 2.24) is 4.98 Å². The summed E-state index contributed by atoms with van der Waals surface area (Å²) in [5.74, 6) is 0.610. The molecular weight excluding hydrogens is 295 g/mol. The molecule has 1 nitrogen and oxygen atoms in total. The van der Waals surface area contributed by atoms with Crippen LogP contribution in [-0.4, -0.2) is 4.98 Å². The molecule has 0 aliphatic heterocycles. The molecule has 0 atom stereocenters. The van der Waals surface area contributed by atoms with Crippen LogP contribution >= 0.6 is 12.2 Å². The maximum absolute atomic E-state index is 12.8. The molecule has 1 fully saturated rings. The molecule has 1 saturated carbocycles. The number of nitrogens with one attached hydrogen (secondary N) is 1. The number of alkyl halides is 3. The zero-order valence-corrected chi connectivity index (χ0v) is 12.0. The number of pyridine rings is 1. The summed E-state index contributed by atoms with van der Waals surface area (Å²) in [6, 6.07) is 9.76. The van der Waals surface area contributed by atoms with E-state index in [0.29, 0.717) is 11.6 Å². The summed E-state index contributed by atoms with van der Waals surface area (Å²) < 4.78 is 38.6. The Morgan fingerprint density at radius 1 is 1.05 bits per heavy atom. The third kappa shape index (κ3) is 3.02. The van der Waals surface area contributed by atoms with E-state index < -0.39 is 11.7 Å². The topological polar surface area (TPSA) is 15.8 Å². The second-order valence-corrected chi connectivity index (χ2v) is 5.83. The molecule has 0 bridgehead atoms. The van der Waals surface area contributed by atoms with E-state index in [1.54, 1.807) is 0 Å². The zero-order valence-electron chi connectivity index (χ0n) is 11.2. The Morgan fingerprint density at radius 2 is 1.71 bits per heavy atom. The van der Waals surface area contributed by atoms with Crippen LogP contribution in [0.1, 0.15) is 36.3 Å². The summed E-state index contributed by atoms with van der Waals surface area (Å²) in [6.45, 7) is 0. The molecule has 1 N–H and O–H groups in total. The minimum absolute atomic E-state index is 0.0860. The maximum Gasteiger partial charge on any atom is 0.416 e. The third-order valence-electron chi connectivity index (χ3n) is 3.97. The van der Waals surface area contributed by atoms with E-state index in [-0.39, 0.29) is 4.64 Å². The number of H-pyrrole nitrogens is 1. The van der Waals surface area contributed by atoms with Crippen LogP contribution in [0.4, 0.5) is 13.2 Å². The van der Waals surface area contributed by atoms with Gasteiger partial charge >= 0.3 is 6.18 Å². The predicted molar refractivity (Wildman–Crippen MR) is 78.7 cm³/mol. The lowest BCUT2D eigenvalue weighted by molar-refractivity contribution is -0.137. The summed E-state index contributed by atoms with van der Waals surface area (Å²) in [7, 11) is 0. The molecule has 0 spiro atoms. The Balaban J connectivity index is 1.96. The van der Waals surface area contributed by atoms with Crippen LogP contribution < -0.4 is 0 Å². The van der Waals surface area contributed by atoms with Crippen molar-refractivity contribution < 1.29 is 13.2 Å². The summed E-state index contributed by atoms with van der Waals surface area (Å²) in [5.41, 5.74) is 1.66. The van der Waals surface area contributed by atoms with Crippen molar-refractivity contribution in [1.29, 1.82) is 0 Å². The van der Waals surface area contributed by atoms with Gasteiger partial charge in [0, 0.05) is 5.69 Å². The first-order valence-corrected chi connectivity index (χ1v) is 7.26. The lowest BCUT2D eigenvalue weighted by Crippen LogP contribution is -2.08. The zero-order chi connectivity index (χ0) is 15.0. The summed E-state index contributed by atoms with van der Waals surface area (Å²) >= 11 is 4.90. The van der Waals surface area contributed by atoms with Crippen molar-refractivity contribution in [3.05, 3.63) is 52.2 Å². The fourth-order valence-electron chi connectivity index (χ4n) is 2.54. The first-order chi connectivity index (χ1) is 9.93. The maximum atomic E-state index is 12.8. The SMILES string of the molecule is FC(F)(F)c1cc(-c2ccc(C3CCC3)cc2)[nH]c(=S)c1. The number of aromatic nitrogens is 1. The van der Waals surface area contributed by atoms with Gasteiger partial charge in [0.25, 0.3) is 0 Å². The standard InChI is InChI=1S/C16H14F3NS/c17-16(18,19)13-8-14(20-15(21)9-13)12-6-4-11(5-7-12)10-2-1-3-10/h4-10H,1-3H2,(H,20,21). The Kier molecular flexibility index (Phi) is 3.61. The number of benzene rings is 1. The molecule has 2 aromatic rings. The fraction of sp³-hybridized carbons (Fsp3) is 0.312. The summed E-state index contributed by atoms with van der Waals surface area (Å²) in [5, 5.41) is 0. The quantitative estimate of drug-likeness (QED) is 0.704. The Labute approximate surface area is 125 Å². The van der Waals surface area contributed by atoms with Crippen molar-refractivity contribution in [2.45, 2.75) is 31.4 Å². The van der Waals surface area contributed by atoms with E-state index in [1.807, 2.05) is 24.3 Å². The fourth-order valence-corrected chi connectivity index (χ4v) is 2.78. The first kappa shape index (κ1) is 14.3. The predicted octanol–water partition coefficient (Wildman–Crippen LogP) is 5.70. The molecule has 1 aromatic carbocycles. The number of rotatable bonds is 2. The van der Waals surface area contributed by atoms with Gasteiger partial charge in [-0.05, 0) is 42.0 Å². The van der Waals surface area contributed by atoms with Crippen LogP contribution in [0.15, 0.2) is 36.4 Å². The second kappa shape index (κ2) is 5.30. The van der Waals surface area contributed by atoms with Crippen LogP contribution in [0.3, 0.4) is 0 Å². The molecule has 0 saturated heterocycles. The van der Waals surface area contributed by atoms with Gasteiger partial charge in [-0.25, -0.2) is 0 Å². The van der Waals surface area contributed by atoms with Gasteiger partial charge < -0.3 is 4.98 Å². The van der Waals surface area contributed by atoms with E-state index in [1.165, 1.54) is 24.8 Å². The average molecular weight is 309 g/mol. The molecular formula is C16H14F3NS. The summed E-state index contributed by atoms with van der Waals surface area (Å²) in [6.07, 6.45) is -0.729. The molecule has 1 aromatic heterocycles. The van der Waals surface area contributed by atoms with Crippen LogP contribution in [0.2, 0.25) is 0 Å². The van der Waals surface area contributed by atoms with Crippen LogP contribution in [0.25, 0.3) is 11.3 Å². The molecule has 1 heterocycles. The third-order valence-corrected chi connectivity index (χ3v) is 4.19. The van der Waals surface area contributed by atoms with E-state index in [4.69, 9.17) is 12.2 Å². The molecule has 21 heavy (non-hydrogen) atoms. The smallest absolute Gasteiger partial charge is 0.346 e. The summed E-state index contributed by atoms with van der Waals surface area (Å²) in [4.78, 5) is 2.83. The second-order valence-electron chi connectivity index (χ2n) is 5.39. The molecule has 0 radical (unpaired) electrons. The van der Waals surface area contributed by atoms with Crippen molar-refractivity contribution >= 4 is 12.2 Å². The molecule has 1 aliphatic carbocycles. The van der Waals surface area contributed by atoms with Crippen molar-refractivity contribution in [2.75, 3.05) is 0 Å². The van der Waals surface area contributed by atoms with Gasteiger partial charge in [0.15, 0.2) is 0 Å². The number of halogens is 3. The molecule has 0 unspecified atom stereocenters. The number of hydrogen-bond acceptors (Lipinski definition) is 1. The van der Waals surface area contributed by atoms with E-state index in [2.05, 4.69) is 4.98 Å². The molecule has 110 valence electrons. The monoisotopic (exact) mass is 309 g/mol. The van der Waals surface area contributed by atoms with Crippen LogP contribution in [0.5, 0.6) is 0 Å².